The Labute approximate surface area is 125 Å². The van der Waals surface area contributed by atoms with Gasteiger partial charge in [0, 0.05) is 4.88 Å². The number of carbonyl (C=O) groups is 1. The van der Waals surface area contributed by atoms with E-state index in [9.17, 15) is 4.79 Å². The van der Waals surface area contributed by atoms with Gasteiger partial charge in [-0.3, -0.25) is 9.69 Å². The number of aromatic nitrogens is 1. The molecular formula is C15H24N2O2S. The highest BCUT2D eigenvalue weighted by Crippen LogP contribution is 2.25. The molecule has 0 aliphatic carbocycles. The lowest BCUT2D eigenvalue weighted by Gasteiger charge is -2.26. The summed E-state index contributed by atoms with van der Waals surface area (Å²) >= 11 is 1.72. The lowest BCUT2D eigenvalue weighted by atomic mass is 10.1. The Morgan fingerprint density at radius 1 is 1.45 bits per heavy atom. The first-order valence-corrected chi connectivity index (χ1v) is 7.98. The first-order valence-electron chi connectivity index (χ1n) is 7.16. The molecule has 1 aliphatic heterocycles. The van der Waals surface area contributed by atoms with Crippen LogP contribution in [0.1, 0.15) is 49.2 Å². The van der Waals surface area contributed by atoms with Crippen molar-refractivity contribution >= 4 is 17.3 Å². The van der Waals surface area contributed by atoms with Crippen molar-refractivity contribution in [2.45, 2.75) is 65.6 Å². The SMILES string of the molecule is Cc1nc(CN2CCC[C@H]2C(=O)OC(C)(C)C)sc1C. The van der Waals surface area contributed by atoms with Crippen LogP contribution in [0.25, 0.3) is 0 Å². The summed E-state index contributed by atoms with van der Waals surface area (Å²) < 4.78 is 5.52. The van der Waals surface area contributed by atoms with Gasteiger partial charge >= 0.3 is 5.97 Å². The summed E-state index contributed by atoms with van der Waals surface area (Å²) in [5.41, 5.74) is 0.678. The van der Waals surface area contributed by atoms with Gasteiger partial charge in [0.2, 0.25) is 0 Å². The number of esters is 1. The summed E-state index contributed by atoms with van der Waals surface area (Å²) in [6.07, 6.45) is 1.94. The Morgan fingerprint density at radius 3 is 2.70 bits per heavy atom. The van der Waals surface area contributed by atoms with E-state index in [-0.39, 0.29) is 12.0 Å². The van der Waals surface area contributed by atoms with Crippen molar-refractivity contribution in [3.8, 4) is 0 Å². The third-order valence-electron chi connectivity index (χ3n) is 3.45. The van der Waals surface area contributed by atoms with Gasteiger partial charge in [-0.25, -0.2) is 4.98 Å². The van der Waals surface area contributed by atoms with E-state index >= 15 is 0 Å². The van der Waals surface area contributed by atoms with Crippen LogP contribution in [-0.2, 0) is 16.1 Å². The third-order valence-corrected chi connectivity index (χ3v) is 4.51. The highest BCUT2D eigenvalue weighted by molar-refractivity contribution is 7.11. The lowest BCUT2D eigenvalue weighted by Crippen LogP contribution is -2.40. The minimum atomic E-state index is -0.417. The molecule has 20 heavy (non-hydrogen) atoms. The molecule has 4 nitrogen and oxygen atoms in total. The van der Waals surface area contributed by atoms with Gasteiger partial charge in [0.15, 0.2) is 0 Å². The van der Waals surface area contributed by atoms with E-state index in [4.69, 9.17) is 4.74 Å². The predicted molar refractivity (Wildman–Crippen MR) is 80.9 cm³/mol. The van der Waals surface area contributed by atoms with Crippen LogP contribution >= 0.6 is 11.3 Å². The zero-order valence-electron chi connectivity index (χ0n) is 13.0. The van der Waals surface area contributed by atoms with Gasteiger partial charge in [0.05, 0.1) is 12.2 Å². The van der Waals surface area contributed by atoms with E-state index in [0.717, 1.165) is 36.6 Å². The fourth-order valence-corrected chi connectivity index (χ4v) is 3.39. The Morgan fingerprint density at radius 2 is 2.15 bits per heavy atom. The second-order valence-corrected chi connectivity index (χ2v) is 7.70. The fraction of sp³-hybridized carbons (Fsp3) is 0.733. The van der Waals surface area contributed by atoms with E-state index < -0.39 is 5.60 Å². The molecule has 0 amide bonds. The Balaban J connectivity index is 2.02. The molecule has 1 aliphatic rings. The zero-order chi connectivity index (χ0) is 14.9. The maximum atomic E-state index is 12.3. The van der Waals surface area contributed by atoms with Gasteiger partial charge in [-0.05, 0) is 54.0 Å². The van der Waals surface area contributed by atoms with Crippen LogP contribution < -0.4 is 0 Å². The van der Waals surface area contributed by atoms with Crippen molar-refractivity contribution in [2.24, 2.45) is 0 Å². The third kappa shape index (κ3) is 3.79. The molecule has 1 aromatic heterocycles. The van der Waals surface area contributed by atoms with Gasteiger partial charge in [0.1, 0.15) is 16.7 Å². The van der Waals surface area contributed by atoms with Gasteiger partial charge in [0.25, 0.3) is 0 Å². The van der Waals surface area contributed by atoms with Crippen LogP contribution in [0.4, 0.5) is 0 Å². The smallest absolute Gasteiger partial charge is 0.323 e. The molecule has 1 aromatic rings. The summed E-state index contributed by atoms with van der Waals surface area (Å²) in [5.74, 6) is -0.0972. The topological polar surface area (TPSA) is 42.4 Å². The van der Waals surface area contributed by atoms with Crippen molar-refractivity contribution < 1.29 is 9.53 Å². The van der Waals surface area contributed by atoms with Gasteiger partial charge in [-0.15, -0.1) is 11.3 Å². The molecule has 0 bridgehead atoms. The first-order chi connectivity index (χ1) is 9.26. The molecule has 1 fully saturated rings. The van der Waals surface area contributed by atoms with Crippen LogP contribution in [0.3, 0.4) is 0 Å². The monoisotopic (exact) mass is 296 g/mol. The number of ether oxygens (including phenoxy) is 1. The Hall–Kier alpha value is -0.940. The molecule has 1 atom stereocenters. The Kier molecular flexibility index (Phi) is 4.49. The number of carbonyl (C=O) groups excluding carboxylic acids is 1. The molecule has 2 heterocycles. The summed E-state index contributed by atoms with van der Waals surface area (Å²) in [7, 11) is 0. The van der Waals surface area contributed by atoms with Crippen molar-refractivity contribution in [3.05, 3.63) is 15.6 Å². The number of aryl methyl sites for hydroxylation is 2. The van der Waals surface area contributed by atoms with Gasteiger partial charge in [-0.2, -0.15) is 0 Å². The van der Waals surface area contributed by atoms with Crippen LogP contribution in [-0.4, -0.2) is 34.0 Å². The summed E-state index contributed by atoms with van der Waals surface area (Å²) in [6, 6.07) is -0.112. The maximum Gasteiger partial charge on any atom is 0.323 e. The number of hydrogen-bond donors (Lipinski definition) is 0. The molecule has 112 valence electrons. The minimum absolute atomic E-state index is 0.0972. The number of rotatable bonds is 3. The molecular weight excluding hydrogens is 272 g/mol. The van der Waals surface area contributed by atoms with E-state index in [0.29, 0.717) is 0 Å². The molecule has 0 radical (unpaired) electrons. The molecule has 0 N–H and O–H groups in total. The van der Waals surface area contributed by atoms with Crippen LogP contribution in [0.5, 0.6) is 0 Å². The van der Waals surface area contributed by atoms with E-state index in [2.05, 4.69) is 16.8 Å². The average Bonchev–Trinajstić information content (AvgIpc) is 2.85. The molecule has 0 unspecified atom stereocenters. The fourth-order valence-electron chi connectivity index (χ4n) is 2.43. The number of likely N-dealkylation sites (tertiary alicyclic amines) is 1. The molecule has 0 saturated carbocycles. The molecule has 1 saturated heterocycles. The molecule has 2 rings (SSSR count). The molecule has 0 aromatic carbocycles. The van der Waals surface area contributed by atoms with Crippen molar-refractivity contribution in [2.75, 3.05) is 6.54 Å². The van der Waals surface area contributed by atoms with Crippen molar-refractivity contribution in [3.63, 3.8) is 0 Å². The number of hydrogen-bond acceptors (Lipinski definition) is 5. The minimum Gasteiger partial charge on any atom is -0.459 e. The standard InChI is InChI=1S/C15H24N2O2S/c1-10-11(2)20-13(16-10)9-17-8-6-7-12(17)14(18)19-15(3,4)5/h12H,6-9H2,1-5H3/t12-/m0/s1. The van der Waals surface area contributed by atoms with E-state index in [1.165, 1.54) is 4.88 Å². The average molecular weight is 296 g/mol. The van der Waals surface area contributed by atoms with Crippen LogP contribution in [0.2, 0.25) is 0 Å². The lowest BCUT2D eigenvalue weighted by molar-refractivity contribution is -0.160. The Bertz CT molecular complexity index is 471. The largest absolute Gasteiger partial charge is 0.459 e. The molecule has 5 heteroatoms. The second-order valence-electron chi connectivity index (χ2n) is 6.41. The zero-order valence-corrected chi connectivity index (χ0v) is 13.8. The van der Waals surface area contributed by atoms with Crippen molar-refractivity contribution in [1.29, 1.82) is 0 Å². The molecule has 0 spiro atoms. The normalized spacial score (nSPS) is 20.4. The summed E-state index contributed by atoms with van der Waals surface area (Å²) in [6.45, 7) is 11.6. The maximum absolute atomic E-state index is 12.3. The van der Waals surface area contributed by atoms with Crippen LogP contribution in [0, 0.1) is 13.8 Å². The number of nitrogens with zero attached hydrogens (tertiary/aromatic N) is 2. The van der Waals surface area contributed by atoms with Gasteiger partial charge in [-0.1, -0.05) is 0 Å². The highest BCUT2D eigenvalue weighted by Gasteiger charge is 2.34. The van der Waals surface area contributed by atoms with Gasteiger partial charge < -0.3 is 4.74 Å². The quantitative estimate of drug-likeness (QED) is 0.804. The predicted octanol–water partition coefficient (Wildman–Crippen LogP) is 3.07. The highest BCUT2D eigenvalue weighted by atomic mass is 32.1. The van der Waals surface area contributed by atoms with Crippen LogP contribution in [0.15, 0.2) is 0 Å². The van der Waals surface area contributed by atoms with E-state index in [1.54, 1.807) is 11.3 Å². The second kappa shape index (κ2) is 5.82. The summed E-state index contributed by atoms with van der Waals surface area (Å²) in [4.78, 5) is 20.3. The number of thiazole rings is 1. The van der Waals surface area contributed by atoms with Crippen molar-refractivity contribution in [1.82, 2.24) is 9.88 Å². The first kappa shape index (κ1) is 15.4. The van der Waals surface area contributed by atoms with E-state index in [1.807, 2.05) is 27.7 Å². The summed E-state index contributed by atoms with van der Waals surface area (Å²) in [5, 5.41) is 1.09.